The molecule has 0 aromatic heterocycles. The summed E-state index contributed by atoms with van der Waals surface area (Å²) in [5.74, 6) is -0.190. The Morgan fingerprint density at radius 2 is 0.822 bits per heavy atom. The van der Waals surface area contributed by atoms with Gasteiger partial charge in [-0.1, -0.05) is 261 Å². The van der Waals surface area contributed by atoms with E-state index in [0.717, 1.165) is 51.4 Å². The van der Waals surface area contributed by atoms with Gasteiger partial charge in [0.2, 0.25) is 5.91 Å². The van der Waals surface area contributed by atoms with E-state index in [1.54, 1.807) is 6.08 Å². The summed E-state index contributed by atoms with van der Waals surface area (Å²) >= 11 is 0. The Balaban J connectivity index is 2.23. The molecule has 9 heteroatoms. The maximum atomic E-state index is 13.1. The molecular weight excluding hydrogens is 911 g/mol. The zero-order valence-corrected chi connectivity index (χ0v) is 47.4. The van der Waals surface area contributed by atoms with Gasteiger partial charge >= 0.3 is 0 Å². The third-order valence-corrected chi connectivity index (χ3v) is 14.5. The number of amides is 1. The second-order valence-corrected chi connectivity index (χ2v) is 21.5. The highest BCUT2D eigenvalue weighted by Crippen LogP contribution is 2.23. The van der Waals surface area contributed by atoms with Crippen molar-refractivity contribution in [1.29, 1.82) is 0 Å². The van der Waals surface area contributed by atoms with Crippen LogP contribution in [-0.2, 0) is 14.3 Å². The molecule has 0 saturated carbocycles. The second kappa shape index (κ2) is 53.3. The minimum Gasteiger partial charge on any atom is -0.394 e. The normalized spacial score (nSPS) is 19.5. The molecule has 0 aromatic rings. The number of ether oxygens (including phenoxy) is 2. The second-order valence-electron chi connectivity index (χ2n) is 21.5. The van der Waals surface area contributed by atoms with Crippen molar-refractivity contribution in [2.75, 3.05) is 13.2 Å². The minimum atomic E-state index is -1.58. The van der Waals surface area contributed by atoms with Gasteiger partial charge in [-0.25, -0.2) is 0 Å². The Morgan fingerprint density at radius 3 is 1.23 bits per heavy atom. The van der Waals surface area contributed by atoms with E-state index < -0.39 is 49.5 Å². The molecule has 6 N–H and O–H groups in total. The molecule has 9 nitrogen and oxygen atoms in total. The average Bonchev–Trinajstić information content (AvgIpc) is 3.39. The van der Waals surface area contributed by atoms with E-state index in [0.29, 0.717) is 6.42 Å². The van der Waals surface area contributed by atoms with Crippen molar-refractivity contribution in [1.82, 2.24) is 5.32 Å². The Labute approximate surface area is 449 Å². The summed E-state index contributed by atoms with van der Waals surface area (Å²) in [7, 11) is 0. The lowest BCUT2D eigenvalue weighted by Gasteiger charge is -2.40. The fourth-order valence-electron chi connectivity index (χ4n) is 9.63. The molecule has 73 heavy (non-hydrogen) atoms. The third-order valence-electron chi connectivity index (χ3n) is 14.5. The monoisotopic (exact) mass is 1030 g/mol. The van der Waals surface area contributed by atoms with Gasteiger partial charge in [-0.3, -0.25) is 4.79 Å². The van der Waals surface area contributed by atoms with Crippen LogP contribution in [0.3, 0.4) is 0 Å². The minimum absolute atomic E-state index is 0.190. The number of aliphatic hydroxyl groups is 5. The third kappa shape index (κ3) is 42.7. The highest BCUT2D eigenvalue weighted by molar-refractivity contribution is 5.76. The largest absolute Gasteiger partial charge is 0.394 e. The summed E-state index contributed by atoms with van der Waals surface area (Å²) in [4.78, 5) is 13.1. The van der Waals surface area contributed by atoms with E-state index in [1.165, 1.54) is 212 Å². The first-order chi connectivity index (χ1) is 35.8. The van der Waals surface area contributed by atoms with E-state index in [1.807, 2.05) is 6.08 Å². The van der Waals surface area contributed by atoms with Gasteiger partial charge in [0.1, 0.15) is 24.4 Å². The predicted molar refractivity (Wildman–Crippen MR) is 309 cm³/mol. The average molecular weight is 1030 g/mol. The number of aliphatic hydroxyl groups excluding tert-OH is 5. The summed E-state index contributed by atoms with van der Waals surface area (Å²) in [6, 6.07) is -0.831. The summed E-state index contributed by atoms with van der Waals surface area (Å²) in [6.07, 6.45) is 65.8. The van der Waals surface area contributed by atoms with Crippen LogP contribution in [-0.4, -0.2) is 87.5 Å². The molecule has 0 aliphatic carbocycles. The van der Waals surface area contributed by atoms with E-state index >= 15 is 0 Å². The molecule has 1 heterocycles. The highest BCUT2D eigenvalue weighted by Gasteiger charge is 2.44. The van der Waals surface area contributed by atoms with E-state index in [9.17, 15) is 30.3 Å². The number of unbranched alkanes of at least 4 members (excludes halogenated alkanes) is 35. The van der Waals surface area contributed by atoms with Crippen LogP contribution in [0.4, 0.5) is 0 Å². The molecule has 7 unspecified atom stereocenters. The van der Waals surface area contributed by atoms with Crippen LogP contribution in [0.5, 0.6) is 0 Å². The first-order valence-electron chi connectivity index (χ1n) is 31.0. The van der Waals surface area contributed by atoms with Crippen molar-refractivity contribution in [2.24, 2.45) is 0 Å². The standard InChI is InChI=1S/C64H117NO8/c1-3-5-7-9-11-13-15-17-19-21-23-25-27-29-31-33-35-37-39-41-43-45-47-49-51-53-58(67)57(56-72-64-63(71)62(70)61(69)59(55-66)73-64)65-60(68)54-52-50-48-46-44-42-40-38-36-34-32-30-28-26-24-22-20-18-16-14-12-10-8-6-4-2/h16,18,22,24,35,37,43,45,51,53,57-59,61-64,66-67,69-71H,3-15,17,19-21,23,25-34,36,38-42,44,46-50,52,54-56H2,1-2H3,(H,65,68)/b18-16-,24-22-,37-35+,45-43+,53-51+. The van der Waals surface area contributed by atoms with E-state index in [2.05, 4.69) is 67.8 Å². The van der Waals surface area contributed by atoms with E-state index in [-0.39, 0.29) is 12.5 Å². The first-order valence-corrected chi connectivity index (χ1v) is 31.0. The highest BCUT2D eigenvalue weighted by atomic mass is 16.7. The van der Waals surface area contributed by atoms with E-state index in [4.69, 9.17) is 9.47 Å². The van der Waals surface area contributed by atoms with Gasteiger partial charge in [0.15, 0.2) is 6.29 Å². The lowest BCUT2D eigenvalue weighted by Crippen LogP contribution is -2.60. The molecule has 0 bridgehead atoms. The van der Waals surface area contributed by atoms with Crippen molar-refractivity contribution in [3.63, 3.8) is 0 Å². The van der Waals surface area contributed by atoms with Crippen LogP contribution in [0, 0.1) is 0 Å². The zero-order chi connectivity index (χ0) is 52.9. The smallest absolute Gasteiger partial charge is 0.220 e. The number of hydrogen-bond acceptors (Lipinski definition) is 8. The molecule has 426 valence electrons. The number of carbonyl (C=O) groups excluding carboxylic acids is 1. The zero-order valence-electron chi connectivity index (χ0n) is 47.4. The van der Waals surface area contributed by atoms with Crippen LogP contribution in [0.1, 0.15) is 284 Å². The number of rotatable bonds is 53. The maximum absolute atomic E-state index is 13.1. The number of hydrogen-bond donors (Lipinski definition) is 6. The van der Waals surface area contributed by atoms with Gasteiger partial charge in [-0.15, -0.1) is 0 Å². The fourth-order valence-corrected chi connectivity index (χ4v) is 9.63. The molecular formula is C64H117NO8. The molecule has 1 saturated heterocycles. The molecule has 1 aliphatic heterocycles. The molecule has 7 atom stereocenters. The van der Waals surface area contributed by atoms with Gasteiger partial charge in [0.05, 0.1) is 25.4 Å². The molecule has 1 fully saturated rings. The number of allylic oxidation sites excluding steroid dienone is 9. The predicted octanol–water partition coefficient (Wildman–Crippen LogP) is 15.9. The molecule has 1 aliphatic rings. The van der Waals surface area contributed by atoms with Crippen molar-refractivity contribution >= 4 is 5.91 Å². The maximum Gasteiger partial charge on any atom is 0.220 e. The van der Waals surface area contributed by atoms with Crippen LogP contribution in [0.15, 0.2) is 60.8 Å². The topological polar surface area (TPSA) is 149 Å². The van der Waals surface area contributed by atoms with Gasteiger partial charge in [-0.2, -0.15) is 0 Å². The quantitative estimate of drug-likeness (QED) is 0.0261. The SMILES string of the molecule is CCCCCCC/C=C\C/C=C\CCCCCCCCCCCCCCCC(=O)NC(COC1OC(CO)C(O)C(O)C1O)C(O)/C=C/CC/C=C/CC/C=C/CCCCCCCCCCCCCCCCC. The summed E-state index contributed by atoms with van der Waals surface area (Å²) in [5, 5.41) is 54.6. The lowest BCUT2D eigenvalue weighted by atomic mass is 9.99. The Hall–Kier alpha value is -2.11. The Morgan fingerprint density at radius 1 is 0.466 bits per heavy atom. The summed E-state index contributed by atoms with van der Waals surface area (Å²) < 4.78 is 11.3. The van der Waals surface area contributed by atoms with Crippen molar-refractivity contribution < 1.29 is 39.8 Å². The lowest BCUT2D eigenvalue weighted by molar-refractivity contribution is -0.302. The van der Waals surface area contributed by atoms with Crippen LogP contribution >= 0.6 is 0 Å². The number of nitrogens with one attached hydrogen (secondary N) is 1. The molecule has 0 radical (unpaired) electrons. The number of carbonyl (C=O) groups is 1. The molecule has 0 aromatic carbocycles. The van der Waals surface area contributed by atoms with Crippen LogP contribution in [0.25, 0.3) is 0 Å². The van der Waals surface area contributed by atoms with Crippen LogP contribution in [0.2, 0.25) is 0 Å². The Kier molecular flexibility index (Phi) is 50.3. The van der Waals surface area contributed by atoms with Gasteiger partial charge in [0.25, 0.3) is 0 Å². The van der Waals surface area contributed by atoms with Gasteiger partial charge in [0, 0.05) is 6.42 Å². The first kappa shape index (κ1) is 68.9. The van der Waals surface area contributed by atoms with Crippen LogP contribution < -0.4 is 5.32 Å². The summed E-state index contributed by atoms with van der Waals surface area (Å²) in [6.45, 7) is 3.77. The molecule has 0 spiro atoms. The summed E-state index contributed by atoms with van der Waals surface area (Å²) in [5.41, 5.74) is 0. The molecule has 1 rings (SSSR count). The van der Waals surface area contributed by atoms with Gasteiger partial charge < -0.3 is 40.3 Å². The fraction of sp³-hybridized carbons (Fsp3) is 0.828. The van der Waals surface area contributed by atoms with Gasteiger partial charge in [-0.05, 0) is 77.0 Å². The Bertz CT molecular complexity index is 1330. The molecule has 1 amide bonds. The van der Waals surface area contributed by atoms with Crippen molar-refractivity contribution in [3.05, 3.63) is 60.8 Å². The van der Waals surface area contributed by atoms with Crippen molar-refractivity contribution in [2.45, 2.75) is 326 Å². The van der Waals surface area contributed by atoms with Crippen molar-refractivity contribution in [3.8, 4) is 0 Å².